The van der Waals surface area contributed by atoms with Gasteiger partial charge >= 0.3 is 5.97 Å². The van der Waals surface area contributed by atoms with Crippen molar-refractivity contribution in [1.82, 2.24) is 0 Å². The van der Waals surface area contributed by atoms with Gasteiger partial charge in [0.05, 0.1) is 23.4 Å². The summed E-state index contributed by atoms with van der Waals surface area (Å²) >= 11 is 11.9. The third-order valence-corrected chi connectivity index (χ3v) is 6.14. The molecule has 0 heterocycles. The molecule has 1 amide bonds. The van der Waals surface area contributed by atoms with Crippen LogP contribution in [-0.2, 0) is 11.2 Å². The number of rotatable bonds is 10. The minimum absolute atomic E-state index is 0.0574. The Morgan fingerprint density at radius 2 is 1.54 bits per heavy atom. The summed E-state index contributed by atoms with van der Waals surface area (Å²) in [5, 5.41) is 13.3. The number of hydrogen-bond acceptors (Lipinski definition) is 3. The van der Waals surface area contributed by atoms with Crippen molar-refractivity contribution >= 4 is 46.5 Å². The summed E-state index contributed by atoms with van der Waals surface area (Å²) in [5.41, 5.74) is 2.70. The molecule has 196 valence electrons. The Morgan fingerprint density at radius 1 is 0.919 bits per heavy atom. The number of nitrogens with one attached hydrogen (secondary N) is 1. The van der Waals surface area contributed by atoms with Gasteiger partial charge in [-0.2, -0.15) is 0 Å². The van der Waals surface area contributed by atoms with Gasteiger partial charge in [-0.15, -0.1) is 0 Å². The highest BCUT2D eigenvalue weighted by Gasteiger charge is 2.20. The quantitative estimate of drug-likeness (QED) is 0.273. The minimum atomic E-state index is -1.10. The summed E-state index contributed by atoms with van der Waals surface area (Å²) in [6.07, 6.45) is -0.178. The second-order valence-corrected chi connectivity index (χ2v) is 10.8. The largest absolute Gasteiger partial charge is 0.478 e. The first-order valence-corrected chi connectivity index (χ1v) is 12.9. The van der Waals surface area contributed by atoms with Crippen LogP contribution in [0.4, 0.5) is 15.8 Å². The van der Waals surface area contributed by atoms with Gasteiger partial charge in [-0.3, -0.25) is 4.79 Å². The number of carbonyl (C=O) groups is 2. The first kappa shape index (κ1) is 28.5. The summed E-state index contributed by atoms with van der Waals surface area (Å²) in [6, 6.07) is 14.4. The fraction of sp³-hybridized carbons (Fsp3) is 0.310. The van der Waals surface area contributed by atoms with E-state index in [9.17, 15) is 19.1 Å². The number of amides is 1. The maximum atomic E-state index is 14.3. The van der Waals surface area contributed by atoms with Crippen molar-refractivity contribution in [2.24, 2.45) is 11.8 Å². The van der Waals surface area contributed by atoms with Gasteiger partial charge in [0, 0.05) is 23.1 Å². The topological polar surface area (TPSA) is 69.6 Å². The van der Waals surface area contributed by atoms with E-state index in [2.05, 4.69) is 37.9 Å². The van der Waals surface area contributed by atoms with Crippen LogP contribution in [0.2, 0.25) is 10.0 Å². The van der Waals surface area contributed by atoms with E-state index >= 15 is 0 Å². The van der Waals surface area contributed by atoms with Crippen molar-refractivity contribution in [2.45, 2.75) is 34.1 Å². The van der Waals surface area contributed by atoms with Gasteiger partial charge in [0.1, 0.15) is 5.82 Å². The zero-order valence-electron chi connectivity index (χ0n) is 21.3. The van der Waals surface area contributed by atoms with Gasteiger partial charge in [0.25, 0.3) is 0 Å². The van der Waals surface area contributed by atoms with E-state index in [-0.39, 0.29) is 22.6 Å². The van der Waals surface area contributed by atoms with Crippen LogP contribution in [0.5, 0.6) is 0 Å². The third-order valence-electron chi connectivity index (χ3n) is 5.67. The molecule has 3 rings (SSSR count). The molecule has 0 saturated heterocycles. The zero-order valence-corrected chi connectivity index (χ0v) is 22.8. The average Bonchev–Trinajstić information content (AvgIpc) is 2.79. The first-order valence-electron chi connectivity index (χ1n) is 12.1. The normalized spacial score (nSPS) is 11.2. The minimum Gasteiger partial charge on any atom is -0.478 e. The molecule has 0 saturated carbocycles. The van der Waals surface area contributed by atoms with Gasteiger partial charge in [-0.1, -0.05) is 69.1 Å². The van der Waals surface area contributed by atoms with E-state index in [4.69, 9.17) is 23.2 Å². The van der Waals surface area contributed by atoms with Crippen LogP contribution in [0.1, 0.15) is 43.6 Å². The SMILES string of the molecule is CC(C)CN(CC(C)C)c1ccc(-c2ccc(Cl)cc2C(=O)O)cc1NC(=O)Cc1ccc(Cl)cc1F. The maximum absolute atomic E-state index is 14.3. The molecule has 3 aromatic rings. The number of carboxylic acids is 1. The number of carbonyl (C=O) groups excluding carboxylic acids is 1. The van der Waals surface area contributed by atoms with Gasteiger partial charge in [-0.05, 0) is 64.9 Å². The number of aromatic carboxylic acids is 1. The summed E-state index contributed by atoms with van der Waals surface area (Å²) in [4.78, 5) is 27.2. The second-order valence-electron chi connectivity index (χ2n) is 9.88. The van der Waals surface area contributed by atoms with Gasteiger partial charge in [-0.25, -0.2) is 9.18 Å². The lowest BCUT2D eigenvalue weighted by Crippen LogP contribution is -2.32. The fourth-order valence-corrected chi connectivity index (χ4v) is 4.54. The smallest absolute Gasteiger partial charge is 0.336 e. The number of anilines is 2. The predicted molar refractivity (Wildman–Crippen MR) is 149 cm³/mol. The van der Waals surface area contributed by atoms with Crippen molar-refractivity contribution < 1.29 is 19.1 Å². The lowest BCUT2D eigenvalue weighted by atomic mass is 9.98. The summed E-state index contributed by atoms with van der Waals surface area (Å²) in [5.74, 6) is -1.33. The molecule has 0 aliphatic heterocycles. The van der Waals surface area contributed by atoms with Crippen molar-refractivity contribution in [1.29, 1.82) is 0 Å². The lowest BCUT2D eigenvalue weighted by Gasteiger charge is -2.31. The van der Waals surface area contributed by atoms with Crippen LogP contribution >= 0.6 is 23.2 Å². The predicted octanol–water partition coefficient (Wildman–Crippen LogP) is 7.80. The molecule has 0 aromatic heterocycles. The van der Waals surface area contributed by atoms with E-state index in [1.165, 1.54) is 18.2 Å². The summed E-state index contributed by atoms with van der Waals surface area (Å²) in [6.45, 7) is 10.00. The number of benzene rings is 3. The Hall–Kier alpha value is -3.09. The molecule has 0 bridgehead atoms. The van der Waals surface area contributed by atoms with E-state index in [1.807, 2.05) is 12.1 Å². The molecule has 3 aromatic carbocycles. The standard InChI is InChI=1S/C29H31Cl2FN2O3/c1-17(2)15-34(16-18(3)4)27-10-6-19(23-9-8-21(30)13-24(23)29(36)37)11-26(27)33-28(35)12-20-5-7-22(31)14-25(20)32/h5-11,13-14,17-18H,12,15-16H2,1-4H3,(H,33,35)(H,36,37). The lowest BCUT2D eigenvalue weighted by molar-refractivity contribution is -0.115. The van der Waals surface area contributed by atoms with Gasteiger partial charge < -0.3 is 15.3 Å². The molecule has 2 N–H and O–H groups in total. The molecule has 0 radical (unpaired) electrons. The molecule has 0 aliphatic rings. The highest BCUT2D eigenvalue weighted by Crippen LogP contribution is 2.35. The fourth-order valence-electron chi connectivity index (χ4n) is 4.21. The van der Waals surface area contributed by atoms with Crippen molar-refractivity contribution in [2.75, 3.05) is 23.3 Å². The molecule has 0 aliphatic carbocycles. The Kier molecular flexibility index (Phi) is 9.57. The van der Waals surface area contributed by atoms with E-state index in [0.29, 0.717) is 33.7 Å². The highest BCUT2D eigenvalue weighted by molar-refractivity contribution is 6.31. The molecular weight excluding hydrogens is 514 g/mol. The van der Waals surface area contributed by atoms with Crippen LogP contribution in [-0.4, -0.2) is 30.1 Å². The first-order chi connectivity index (χ1) is 17.4. The van der Waals surface area contributed by atoms with E-state index < -0.39 is 17.7 Å². The van der Waals surface area contributed by atoms with Crippen LogP contribution in [0, 0.1) is 17.7 Å². The Bertz CT molecular complexity index is 1280. The van der Waals surface area contributed by atoms with Crippen LogP contribution < -0.4 is 10.2 Å². The Labute approximate surface area is 227 Å². The molecule has 0 unspecified atom stereocenters. The van der Waals surface area contributed by atoms with Crippen LogP contribution in [0.25, 0.3) is 11.1 Å². The van der Waals surface area contributed by atoms with Crippen molar-refractivity contribution in [3.05, 3.63) is 81.6 Å². The molecule has 8 heteroatoms. The zero-order chi connectivity index (χ0) is 27.3. The molecule has 0 fully saturated rings. The molecule has 5 nitrogen and oxygen atoms in total. The Morgan fingerprint density at radius 3 is 2.14 bits per heavy atom. The summed E-state index contributed by atoms with van der Waals surface area (Å²) < 4.78 is 14.3. The second kappa shape index (κ2) is 12.4. The van der Waals surface area contributed by atoms with Crippen LogP contribution in [0.3, 0.4) is 0 Å². The van der Waals surface area contributed by atoms with E-state index in [0.717, 1.165) is 18.8 Å². The Balaban J connectivity index is 2.07. The molecule has 37 heavy (non-hydrogen) atoms. The highest BCUT2D eigenvalue weighted by atomic mass is 35.5. The van der Waals surface area contributed by atoms with Crippen molar-refractivity contribution in [3.63, 3.8) is 0 Å². The van der Waals surface area contributed by atoms with Gasteiger partial charge in [0.2, 0.25) is 5.91 Å². The monoisotopic (exact) mass is 544 g/mol. The number of nitrogens with zero attached hydrogens (tertiary/aromatic N) is 1. The summed E-state index contributed by atoms with van der Waals surface area (Å²) in [7, 11) is 0. The molecule has 0 spiro atoms. The third kappa shape index (κ3) is 7.70. The number of hydrogen-bond donors (Lipinski definition) is 2. The van der Waals surface area contributed by atoms with Crippen LogP contribution in [0.15, 0.2) is 54.6 Å². The van der Waals surface area contributed by atoms with E-state index in [1.54, 1.807) is 24.3 Å². The molecule has 0 atom stereocenters. The number of carboxylic acid groups (broad SMARTS) is 1. The molecular formula is C29H31Cl2FN2O3. The number of halogens is 3. The van der Waals surface area contributed by atoms with Crippen molar-refractivity contribution in [3.8, 4) is 11.1 Å². The van der Waals surface area contributed by atoms with Gasteiger partial charge in [0.15, 0.2) is 0 Å². The average molecular weight is 545 g/mol. The maximum Gasteiger partial charge on any atom is 0.336 e.